The van der Waals surface area contributed by atoms with E-state index in [1.807, 2.05) is 19.1 Å². The number of benzene rings is 1. The Labute approximate surface area is 132 Å². The van der Waals surface area contributed by atoms with Crippen LogP contribution in [0, 0.1) is 6.92 Å². The van der Waals surface area contributed by atoms with Gasteiger partial charge in [-0.25, -0.2) is 4.79 Å². The highest BCUT2D eigenvalue weighted by Crippen LogP contribution is 2.25. The van der Waals surface area contributed by atoms with E-state index in [2.05, 4.69) is 10.1 Å². The molecule has 0 atom stereocenters. The number of rotatable bonds is 5. The Morgan fingerprint density at radius 1 is 1.20 bits per heavy atom. The average molecular weight is 339 g/mol. The molecule has 20 heavy (non-hydrogen) atoms. The Balaban J connectivity index is 2.28. The van der Waals surface area contributed by atoms with Crippen molar-refractivity contribution in [2.24, 2.45) is 0 Å². The first-order valence-electron chi connectivity index (χ1n) is 5.85. The lowest BCUT2D eigenvalue weighted by Crippen LogP contribution is -2.29. The van der Waals surface area contributed by atoms with Gasteiger partial charge in [0.2, 0.25) is 3.79 Å². The van der Waals surface area contributed by atoms with E-state index in [0.29, 0.717) is 5.56 Å². The summed E-state index contributed by atoms with van der Waals surface area (Å²) in [5, 5.41) is 2.41. The molecule has 110 valence electrons. The third-order valence-corrected chi connectivity index (χ3v) is 2.69. The van der Waals surface area contributed by atoms with Crippen molar-refractivity contribution in [3.05, 3.63) is 35.4 Å². The molecule has 0 aliphatic rings. The third kappa shape index (κ3) is 6.98. The summed E-state index contributed by atoms with van der Waals surface area (Å²) >= 11 is 16.3. The number of hydrogen-bond acceptors (Lipinski definition) is 3. The number of amides is 1. The van der Waals surface area contributed by atoms with Crippen LogP contribution in [0.1, 0.15) is 22.3 Å². The highest BCUT2D eigenvalue weighted by molar-refractivity contribution is 6.67. The first-order valence-corrected chi connectivity index (χ1v) is 6.98. The van der Waals surface area contributed by atoms with Crippen LogP contribution in [-0.2, 0) is 4.74 Å². The van der Waals surface area contributed by atoms with Crippen LogP contribution in [-0.4, -0.2) is 28.8 Å². The molecule has 1 rings (SSSR count). The number of alkyl carbamates (subject to hydrolysis) is 1. The molecule has 0 saturated heterocycles. The van der Waals surface area contributed by atoms with Gasteiger partial charge in [-0.05, 0) is 6.92 Å². The lowest BCUT2D eigenvalue weighted by molar-refractivity contribution is 0.0981. The third-order valence-electron chi connectivity index (χ3n) is 2.36. The smallest absolute Gasteiger partial charge is 0.407 e. The maximum atomic E-state index is 11.8. The molecule has 1 amide bonds. The molecular formula is C13H14Cl3NO3. The summed E-state index contributed by atoms with van der Waals surface area (Å²) in [4.78, 5) is 23.0. The van der Waals surface area contributed by atoms with Crippen LogP contribution in [0.25, 0.3) is 0 Å². The Morgan fingerprint density at radius 3 is 2.35 bits per heavy atom. The fourth-order valence-electron chi connectivity index (χ4n) is 1.36. The Kier molecular flexibility index (Phi) is 6.59. The number of aryl methyl sites for hydroxylation is 1. The first-order chi connectivity index (χ1) is 9.28. The Morgan fingerprint density at radius 2 is 1.80 bits per heavy atom. The number of carbonyl (C=O) groups is 2. The molecule has 1 aromatic carbocycles. The van der Waals surface area contributed by atoms with E-state index in [-0.39, 0.29) is 25.4 Å². The van der Waals surface area contributed by atoms with Crippen LogP contribution in [0.5, 0.6) is 0 Å². The predicted molar refractivity (Wildman–Crippen MR) is 79.8 cm³/mol. The first kappa shape index (κ1) is 17.1. The molecule has 0 saturated carbocycles. The van der Waals surface area contributed by atoms with Gasteiger partial charge in [-0.2, -0.15) is 0 Å². The van der Waals surface area contributed by atoms with Crippen molar-refractivity contribution in [3.8, 4) is 0 Å². The maximum absolute atomic E-state index is 11.8. The van der Waals surface area contributed by atoms with Crippen LogP contribution in [0.3, 0.4) is 0 Å². The molecular weight excluding hydrogens is 325 g/mol. The summed E-state index contributed by atoms with van der Waals surface area (Å²) in [6.45, 7) is 1.75. The van der Waals surface area contributed by atoms with E-state index in [4.69, 9.17) is 34.8 Å². The fraction of sp³-hybridized carbons (Fsp3) is 0.385. The normalized spacial score (nSPS) is 11.0. The molecule has 0 radical (unpaired) electrons. The van der Waals surface area contributed by atoms with Crippen LogP contribution in [0.4, 0.5) is 4.79 Å². The molecule has 0 aliphatic heterocycles. The number of hydrogen-bond donors (Lipinski definition) is 1. The van der Waals surface area contributed by atoms with Crippen molar-refractivity contribution in [2.45, 2.75) is 17.1 Å². The predicted octanol–water partition coefficient (Wildman–Crippen LogP) is 3.66. The summed E-state index contributed by atoms with van der Waals surface area (Å²) in [5.74, 6) is -0.0633. The Hall–Kier alpha value is -0.970. The van der Waals surface area contributed by atoms with Gasteiger partial charge in [-0.15, -0.1) is 0 Å². The monoisotopic (exact) mass is 337 g/mol. The topological polar surface area (TPSA) is 55.4 Å². The van der Waals surface area contributed by atoms with E-state index in [1.54, 1.807) is 12.1 Å². The molecule has 0 aromatic heterocycles. The quantitative estimate of drug-likeness (QED) is 0.658. The van der Waals surface area contributed by atoms with Crippen molar-refractivity contribution < 1.29 is 14.3 Å². The number of halogens is 3. The minimum Gasteiger partial charge on any atom is -0.445 e. The van der Waals surface area contributed by atoms with Gasteiger partial charge in [-0.3, -0.25) is 4.79 Å². The van der Waals surface area contributed by atoms with Gasteiger partial charge in [0.15, 0.2) is 5.78 Å². The standard InChI is InChI=1S/C13H14Cl3NO3/c1-9-2-4-10(5-3-9)11(18)6-7-17-12(19)20-8-13(14,15)16/h2-5H,6-8H2,1H3,(H,17,19). The van der Waals surface area contributed by atoms with Gasteiger partial charge in [0, 0.05) is 18.5 Å². The van der Waals surface area contributed by atoms with Crippen molar-refractivity contribution in [1.82, 2.24) is 5.32 Å². The van der Waals surface area contributed by atoms with Crippen molar-refractivity contribution in [3.63, 3.8) is 0 Å². The molecule has 1 N–H and O–H groups in total. The molecule has 0 fully saturated rings. The van der Waals surface area contributed by atoms with Crippen molar-refractivity contribution in [2.75, 3.05) is 13.2 Å². The largest absolute Gasteiger partial charge is 0.445 e. The second-order valence-corrected chi connectivity index (χ2v) is 6.67. The van der Waals surface area contributed by atoms with E-state index >= 15 is 0 Å². The number of alkyl halides is 3. The van der Waals surface area contributed by atoms with E-state index in [0.717, 1.165) is 5.56 Å². The van der Waals surface area contributed by atoms with Crippen LogP contribution in [0.15, 0.2) is 24.3 Å². The number of nitrogens with one attached hydrogen (secondary N) is 1. The van der Waals surface area contributed by atoms with Crippen LogP contribution >= 0.6 is 34.8 Å². The number of carbonyl (C=O) groups excluding carboxylic acids is 2. The lowest BCUT2D eigenvalue weighted by atomic mass is 10.1. The fourth-order valence-corrected chi connectivity index (χ4v) is 1.52. The van der Waals surface area contributed by atoms with E-state index in [1.165, 1.54) is 0 Å². The zero-order valence-electron chi connectivity index (χ0n) is 10.8. The minimum atomic E-state index is -1.64. The molecule has 7 heteroatoms. The van der Waals surface area contributed by atoms with Gasteiger partial charge in [0.25, 0.3) is 0 Å². The number of Topliss-reactive ketones (excluding diaryl/α,β-unsaturated/α-hetero) is 1. The SMILES string of the molecule is Cc1ccc(C(=O)CCNC(=O)OCC(Cl)(Cl)Cl)cc1. The summed E-state index contributed by atoms with van der Waals surface area (Å²) in [6, 6.07) is 7.21. The van der Waals surface area contributed by atoms with Crippen LogP contribution in [0.2, 0.25) is 0 Å². The molecule has 0 heterocycles. The highest BCUT2D eigenvalue weighted by atomic mass is 35.6. The van der Waals surface area contributed by atoms with Gasteiger partial charge in [0.05, 0.1) is 0 Å². The van der Waals surface area contributed by atoms with E-state index in [9.17, 15) is 9.59 Å². The number of ether oxygens (including phenoxy) is 1. The highest BCUT2D eigenvalue weighted by Gasteiger charge is 2.22. The van der Waals surface area contributed by atoms with Gasteiger partial charge >= 0.3 is 6.09 Å². The molecule has 0 unspecified atom stereocenters. The second-order valence-electron chi connectivity index (χ2n) is 4.16. The molecule has 0 spiro atoms. The summed E-state index contributed by atoms with van der Waals surface area (Å²) in [7, 11) is 0. The zero-order chi connectivity index (χ0) is 15.2. The lowest BCUT2D eigenvalue weighted by Gasteiger charge is -2.11. The zero-order valence-corrected chi connectivity index (χ0v) is 13.1. The Bertz CT molecular complexity index is 469. The van der Waals surface area contributed by atoms with E-state index < -0.39 is 9.89 Å². The van der Waals surface area contributed by atoms with Crippen molar-refractivity contribution >= 4 is 46.7 Å². The minimum absolute atomic E-state index is 0.0633. The molecule has 0 aliphatic carbocycles. The van der Waals surface area contributed by atoms with Gasteiger partial charge in [0.1, 0.15) is 6.61 Å². The molecule has 4 nitrogen and oxygen atoms in total. The summed E-state index contributed by atoms with van der Waals surface area (Å²) in [5.41, 5.74) is 1.68. The molecule has 1 aromatic rings. The van der Waals surface area contributed by atoms with Gasteiger partial charge in [-0.1, -0.05) is 64.6 Å². The summed E-state index contributed by atoms with van der Waals surface area (Å²) in [6.07, 6.45) is -0.556. The van der Waals surface area contributed by atoms with Crippen molar-refractivity contribution in [1.29, 1.82) is 0 Å². The second kappa shape index (κ2) is 7.72. The summed E-state index contributed by atoms with van der Waals surface area (Å²) < 4.78 is 3.01. The average Bonchev–Trinajstić information content (AvgIpc) is 2.36. The maximum Gasteiger partial charge on any atom is 0.407 e. The van der Waals surface area contributed by atoms with Crippen LogP contribution < -0.4 is 5.32 Å². The van der Waals surface area contributed by atoms with Gasteiger partial charge < -0.3 is 10.1 Å². The number of ketones is 1. The molecule has 0 bridgehead atoms.